The molecule has 1 rings (SSSR count). The predicted octanol–water partition coefficient (Wildman–Crippen LogP) is 1.64. The van der Waals surface area contributed by atoms with Gasteiger partial charge in [-0.1, -0.05) is 20.8 Å². The Kier molecular flexibility index (Phi) is 5.99. The van der Waals surface area contributed by atoms with Crippen molar-refractivity contribution in [2.24, 2.45) is 0 Å². The molecule has 18 heavy (non-hydrogen) atoms. The third-order valence-corrected chi connectivity index (χ3v) is 4.59. The van der Waals surface area contributed by atoms with Crippen molar-refractivity contribution in [3.63, 3.8) is 0 Å². The average Bonchev–Trinajstić information content (AvgIpc) is 2.38. The first kappa shape index (κ1) is 15.3. The van der Waals surface area contributed by atoms with Gasteiger partial charge in [-0.15, -0.1) is 0 Å². The van der Waals surface area contributed by atoms with E-state index in [9.17, 15) is 9.59 Å². The molecule has 5 heteroatoms. The maximum atomic E-state index is 12.3. The van der Waals surface area contributed by atoms with E-state index in [2.05, 4.69) is 18.5 Å². The molecule has 1 N–H and O–H groups in total. The molecule has 0 saturated carbocycles. The molecule has 1 aliphatic rings. The van der Waals surface area contributed by atoms with Gasteiger partial charge in [0, 0.05) is 11.8 Å². The molecular formula is C13H24N2O2S. The van der Waals surface area contributed by atoms with Crippen LogP contribution in [0.5, 0.6) is 0 Å². The SMILES string of the molecule is CCC1NC(=O)C(CC)N(CCC(C)SC)C1=O. The van der Waals surface area contributed by atoms with E-state index < -0.39 is 0 Å². The number of carbonyl (C=O) groups excluding carboxylic acids is 2. The van der Waals surface area contributed by atoms with E-state index in [1.165, 1.54) is 0 Å². The number of carbonyl (C=O) groups is 2. The molecule has 3 atom stereocenters. The summed E-state index contributed by atoms with van der Waals surface area (Å²) in [6.07, 6.45) is 4.35. The standard InChI is InChI=1S/C13H24N2O2S/c1-5-10-13(17)15(8-7-9(3)18-4)11(6-2)12(16)14-10/h9-11H,5-8H2,1-4H3,(H,14,16). The molecule has 1 aliphatic heterocycles. The van der Waals surface area contributed by atoms with Crippen molar-refractivity contribution < 1.29 is 9.59 Å². The summed E-state index contributed by atoms with van der Waals surface area (Å²) in [6.45, 7) is 6.72. The Morgan fingerprint density at radius 2 is 2.00 bits per heavy atom. The summed E-state index contributed by atoms with van der Waals surface area (Å²) in [5.41, 5.74) is 0. The Morgan fingerprint density at radius 3 is 2.50 bits per heavy atom. The fourth-order valence-electron chi connectivity index (χ4n) is 2.21. The maximum absolute atomic E-state index is 12.3. The second-order valence-corrected chi connectivity index (χ2v) is 6.04. The maximum Gasteiger partial charge on any atom is 0.245 e. The number of amides is 2. The fourth-order valence-corrected chi connectivity index (χ4v) is 2.55. The number of hydrogen-bond donors (Lipinski definition) is 1. The molecule has 2 amide bonds. The van der Waals surface area contributed by atoms with Gasteiger partial charge in [0.05, 0.1) is 0 Å². The van der Waals surface area contributed by atoms with Crippen LogP contribution in [0.2, 0.25) is 0 Å². The Bertz CT molecular complexity index is 309. The number of piperazine rings is 1. The van der Waals surface area contributed by atoms with Crippen molar-refractivity contribution in [1.82, 2.24) is 10.2 Å². The fraction of sp³-hybridized carbons (Fsp3) is 0.846. The molecule has 0 aromatic rings. The highest BCUT2D eigenvalue weighted by molar-refractivity contribution is 7.99. The second-order valence-electron chi connectivity index (χ2n) is 4.76. The minimum Gasteiger partial charge on any atom is -0.343 e. The Labute approximate surface area is 114 Å². The number of rotatable bonds is 6. The van der Waals surface area contributed by atoms with E-state index in [0.29, 0.717) is 24.6 Å². The van der Waals surface area contributed by atoms with Gasteiger partial charge in [-0.3, -0.25) is 9.59 Å². The normalized spacial score (nSPS) is 26.1. The summed E-state index contributed by atoms with van der Waals surface area (Å²) >= 11 is 1.79. The first-order valence-corrected chi connectivity index (χ1v) is 7.97. The molecule has 4 nitrogen and oxygen atoms in total. The van der Waals surface area contributed by atoms with E-state index in [-0.39, 0.29) is 23.9 Å². The largest absolute Gasteiger partial charge is 0.343 e. The van der Waals surface area contributed by atoms with Gasteiger partial charge in [-0.25, -0.2) is 0 Å². The minimum absolute atomic E-state index is 0.000699. The number of thioether (sulfide) groups is 1. The monoisotopic (exact) mass is 272 g/mol. The molecule has 1 heterocycles. The van der Waals surface area contributed by atoms with E-state index in [1.807, 2.05) is 13.8 Å². The zero-order valence-corrected chi connectivity index (χ0v) is 12.5. The number of hydrogen-bond acceptors (Lipinski definition) is 3. The lowest BCUT2D eigenvalue weighted by molar-refractivity contribution is -0.149. The highest BCUT2D eigenvalue weighted by Gasteiger charge is 2.38. The highest BCUT2D eigenvalue weighted by Crippen LogP contribution is 2.18. The van der Waals surface area contributed by atoms with Gasteiger partial charge < -0.3 is 10.2 Å². The smallest absolute Gasteiger partial charge is 0.245 e. The summed E-state index contributed by atoms with van der Waals surface area (Å²) in [5.74, 6) is 0.0815. The summed E-state index contributed by atoms with van der Waals surface area (Å²) < 4.78 is 0. The molecular weight excluding hydrogens is 248 g/mol. The average molecular weight is 272 g/mol. The van der Waals surface area contributed by atoms with Gasteiger partial charge in [0.25, 0.3) is 0 Å². The lowest BCUT2D eigenvalue weighted by Crippen LogP contribution is -2.63. The van der Waals surface area contributed by atoms with Crippen molar-refractivity contribution in [2.45, 2.75) is 57.4 Å². The molecule has 3 unspecified atom stereocenters. The summed E-state index contributed by atoms with van der Waals surface area (Å²) in [7, 11) is 0. The van der Waals surface area contributed by atoms with Crippen molar-refractivity contribution in [3.05, 3.63) is 0 Å². The Hall–Kier alpha value is -0.710. The molecule has 1 saturated heterocycles. The Morgan fingerprint density at radius 1 is 1.33 bits per heavy atom. The third-order valence-electron chi connectivity index (χ3n) is 3.55. The van der Waals surface area contributed by atoms with Crippen molar-refractivity contribution >= 4 is 23.6 Å². The van der Waals surface area contributed by atoms with Crippen LogP contribution in [0.25, 0.3) is 0 Å². The van der Waals surface area contributed by atoms with Crippen LogP contribution in [0.15, 0.2) is 0 Å². The van der Waals surface area contributed by atoms with Gasteiger partial charge in [0.1, 0.15) is 12.1 Å². The molecule has 0 aliphatic carbocycles. The number of nitrogens with one attached hydrogen (secondary N) is 1. The van der Waals surface area contributed by atoms with Gasteiger partial charge in [-0.05, 0) is 25.5 Å². The lowest BCUT2D eigenvalue weighted by atomic mass is 10.0. The van der Waals surface area contributed by atoms with E-state index >= 15 is 0 Å². The van der Waals surface area contributed by atoms with Gasteiger partial charge in [0.15, 0.2) is 0 Å². The van der Waals surface area contributed by atoms with Crippen molar-refractivity contribution in [3.8, 4) is 0 Å². The van der Waals surface area contributed by atoms with E-state index in [0.717, 1.165) is 6.42 Å². The number of nitrogens with zero attached hydrogens (tertiary/aromatic N) is 1. The summed E-state index contributed by atoms with van der Waals surface area (Å²) in [5, 5.41) is 3.33. The molecule has 0 spiro atoms. The zero-order chi connectivity index (χ0) is 13.7. The van der Waals surface area contributed by atoms with Crippen LogP contribution >= 0.6 is 11.8 Å². The Balaban J connectivity index is 2.73. The molecule has 0 aromatic heterocycles. The second kappa shape index (κ2) is 7.02. The molecule has 104 valence electrons. The quantitative estimate of drug-likeness (QED) is 0.800. The third kappa shape index (κ3) is 3.40. The van der Waals surface area contributed by atoms with Gasteiger partial charge >= 0.3 is 0 Å². The van der Waals surface area contributed by atoms with Gasteiger partial charge in [0.2, 0.25) is 11.8 Å². The van der Waals surface area contributed by atoms with Crippen LogP contribution in [0.1, 0.15) is 40.0 Å². The molecule has 0 radical (unpaired) electrons. The minimum atomic E-state index is -0.329. The van der Waals surface area contributed by atoms with Gasteiger partial charge in [-0.2, -0.15) is 11.8 Å². The van der Waals surface area contributed by atoms with Crippen LogP contribution in [-0.2, 0) is 9.59 Å². The van der Waals surface area contributed by atoms with Crippen molar-refractivity contribution in [2.75, 3.05) is 12.8 Å². The summed E-state index contributed by atoms with van der Waals surface area (Å²) in [4.78, 5) is 26.0. The van der Waals surface area contributed by atoms with Crippen LogP contribution in [0.3, 0.4) is 0 Å². The van der Waals surface area contributed by atoms with Crippen molar-refractivity contribution in [1.29, 1.82) is 0 Å². The first-order valence-electron chi connectivity index (χ1n) is 6.68. The first-order chi connectivity index (χ1) is 8.54. The molecule has 1 fully saturated rings. The summed E-state index contributed by atoms with van der Waals surface area (Å²) in [6, 6.07) is -0.612. The zero-order valence-electron chi connectivity index (χ0n) is 11.7. The van der Waals surface area contributed by atoms with E-state index in [4.69, 9.17) is 0 Å². The van der Waals surface area contributed by atoms with E-state index in [1.54, 1.807) is 16.7 Å². The van der Waals surface area contributed by atoms with Crippen LogP contribution < -0.4 is 5.32 Å². The predicted molar refractivity (Wildman–Crippen MR) is 75.6 cm³/mol. The topological polar surface area (TPSA) is 49.4 Å². The van der Waals surface area contributed by atoms with Crippen LogP contribution in [0, 0.1) is 0 Å². The molecule has 0 bridgehead atoms. The van der Waals surface area contributed by atoms with Crippen LogP contribution in [0.4, 0.5) is 0 Å². The highest BCUT2D eigenvalue weighted by atomic mass is 32.2. The lowest BCUT2D eigenvalue weighted by Gasteiger charge is -2.38. The molecule has 0 aromatic carbocycles. The van der Waals surface area contributed by atoms with Crippen LogP contribution in [-0.4, -0.2) is 46.8 Å².